The highest BCUT2D eigenvalue weighted by atomic mass is 127. The van der Waals surface area contributed by atoms with E-state index in [1.807, 2.05) is 22.6 Å². The first-order valence-corrected chi connectivity index (χ1v) is 4.96. The highest BCUT2D eigenvalue weighted by molar-refractivity contribution is 14.1. The molecule has 0 N–H and O–H groups in total. The fraction of sp³-hybridized carbons (Fsp3) is 0.222. The number of carbonyl (C=O) groups excluding carboxylic acids is 1. The molecule has 0 aliphatic rings. The number of rotatable bonds is 2. The third-order valence-electron chi connectivity index (χ3n) is 1.45. The molecule has 0 bridgehead atoms. The van der Waals surface area contributed by atoms with Gasteiger partial charge in [0.2, 0.25) is 0 Å². The van der Waals surface area contributed by atoms with Crippen LogP contribution in [-0.2, 0) is 4.74 Å². The van der Waals surface area contributed by atoms with Crippen molar-refractivity contribution in [2.75, 3.05) is 6.61 Å². The second-order valence-electron chi connectivity index (χ2n) is 2.70. The fourth-order valence-electron chi connectivity index (χ4n) is 0.817. The first-order valence-electron chi connectivity index (χ1n) is 3.88. The van der Waals surface area contributed by atoms with Crippen molar-refractivity contribution in [2.45, 2.75) is 6.18 Å². The van der Waals surface area contributed by atoms with E-state index in [-0.39, 0.29) is 5.56 Å². The minimum atomic E-state index is -4.49. The molecule has 0 unspecified atom stereocenters. The maximum absolute atomic E-state index is 11.7. The van der Waals surface area contributed by atoms with Crippen LogP contribution in [0, 0.1) is 3.57 Å². The Morgan fingerprint density at radius 3 is 2.27 bits per heavy atom. The number of esters is 1. The highest BCUT2D eigenvalue weighted by Gasteiger charge is 2.29. The topological polar surface area (TPSA) is 26.3 Å². The smallest absolute Gasteiger partial charge is 0.422 e. The van der Waals surface area contributed by atoms with Gasteiger partial charge in [0.05, 0.1) is 5.56 Å². The van der Waals surface area contributed by atoms with Crippen LogP contribution >= 0.6 is 22.6 Å². The Bertz CT molecular complexity index is 345. The Hall–Kier alpha value is -0.790. The van der Waals surface area contributed by atoms with Crippen LogP contribution in [0.15, 0.2) is 24.3 Å². The molecule has 1 aromatic rings. The summed E-state index contributed by atoms with van der Waals surface area (Å²) in [6.45, 7) is -1.56. The van der Waals surface area contributed by atoms with Crippen molar-refractivity contribution >= 4 is 28.6 Å². The van der Waals surface area contributed by atoms with Crippen LogP contribution in [0.1, 0.15) is 10.4 Å². The van der Waals surface area contributed by atoms with Crippen LogP contribution in [0.25, 0.3) is 0 Å². The van der Waals surface area contributed by atoms with Crippen molar-refractivity contribution in [1.82, 2.24) is 0 Å². The van der Waals surface area contributed by atoms with E-state index in [2.05, 4.69) is 4.74 Å². The van der Waals surface area contributed by atoms with Gasteiger partial charge in [-0.3, -0.25) is 0 Å². The molecule has 0 aliphatic heterocycles. The lowest BCUT2D eigenvalue weighted by atomic mass is 10.2. The molecule has 0 saturated carbocycles. The molecule has 0 radical (unpaired) electrons. The largest absolute Gasteiger partial charge is 0.452 e. The van der Waals surface area contributed by atoms with Crippen molar-refractivity contribution in [3.05, 3.63) is 33.4 Å². The van der Waals surface area contributed by atoms with E-state index in [1.165, 1.54) is 12.1 Å². The Kier molecular flexibility index (Phi) is 3.95. The van der Waals surface area contributed by atoms with Crippen molar-refractivity contribution in [2.24, 2.45) is 0 Å². The second kappa shape index (κ2) is 4.82. The summed E-state index contributed by atoms with van der Waals surface area (Å²) in [5.74, 6) is -0.969. The predicted octanol–water partition coefficient (Wildman–Crippen LogP) is 3.01. The Morgan fingerprint density at radius 2 is 1.80 bits per heavy atom. The van der Waals surface area contributed by atoms with E-state index >= 15 is 0 Å². The van der Waals surface area contributed by atoms with Gasteiger partial charge < -0.3 is 4.74 Å². The van der Waals surface area contributed by atoms with Crippen molar-refractivity contribution in [1.29, 1.82) is 0 Å². The standard InChI is InChI=1S/C9H6F3IO2/c10-9(11,12)5-15-8(14)6-1-3-7(13)4-2-6/h1-4H,5H2. The van der Waals surface area contributed by atoms with Gasteiger partial charge in [-0.05, 0) is 46.9 Å². The van der Waals surface area contributed by atoms with E-state index in [1.54, 1.807) is 12.1 Å². The molecule has 0 amide bonds. The van der Waals surface area contributed by atoms with Gasteiger partial charge in [0, 0.05) is 3.57 Å². The summed E-state index contributed by atoms with van der Waals surface area (Å²) < 4.78 is 40.1. The number of carbonyl (C=O) groups is 1. The lowest BCUT2D eigenvalue weighted by molar-refractivity contribution is -0.161. The average Bonchev–Trinajstić information content (AvgIpc) is 2.14. The third-order valence-corrected chi connectivity index (χ3v) is 2.17. The van der Waals surface area contributed by atoms with Crippen molar-refractivity contribution < 1.29 is 22.7 Å². The first kappa shape index (κ1) is 12.3. The summed E-state index contributed by atoms with van der Waals surface area (Å²) in [6.07, 6.45) is -4.49. The molecule has 6 heteroatoms. The number of halogens is 4. The summed E-state index contributed by atoms with van der Waals surface area (Å²) in [4.78, 5) is 11.1. The SMILES string of the molecule is O=C(OCC(F)(F)F)c1ccc(I)cc1. The molecule has 0 heterocycles. The normalized spacial score (nSPS) is 11.2. The molecule has 0 aromatic heterocycles. The maximum Gasteiger partial charge on any atom is 0.422 e. The third kappa shape index (κ3) is 4.50. The Labute approximate surface area is 97.6 Å². The first-order chi connectivity index (χ1) is 6.88. The number of hydrogen-bond donors (Lipinski definition) is 0. The van der Waals surface area contributed by atoms with Gasteiger partial charge in [-0.25, -0.2) is 4.79 Å². The number of alkyl halides is 3. The minimum absolute atomic E-state index is 0.111. The second-order valence-corrected chi connectivity index (χ2v) is 3.94. The van der Waals surface area contributed by atoms with Gasteiger partial charge in [0.1, 0.15) is 0 Å². The van der Waals surface area contributed by atoms with Gasteiger partial charge in [0.15, 0.2) is 6.61 Å². The number of ether oxygens (including phenoxy) is 1. The molecule has 0 spiro atoms. The summed E-state index contributed by atoms with van der Waals surface area (Å²) in [5.41, 5.74) is 0.111. The molecule has 2 nitrogen and oxygen atoms in total. The lowest BCUT2D eigenvalue weighted by Gasteiger charge is -2.07. The van der Waals surface area contributed by atoms with Gasteiger partial charge in [0.25, 0.3) is 0 Å². The summed E-state index contributed by atoms with van der Waals surface area (Å²) in [6, 6.07) is 6.07. The van der Waals surface area contributed by atoms with E-state index < -0.39 is 18.8 Å². The molecule has 0 fully saturated rings. The maximum atomic E-state index is 11.7. The molecule has 82 valence electrons. The van der Waals surface area contributed by atoms with Crippen molar-refractivity contribution in [3.8, 4) is 0 Å². The Balaban J connectivity index is 2.58. The molecule has 0 atom stereocenters. The zero-order chi connectivity index (χ0) is 11.5. The summed E-state index contributed by atoms with van der Waals surface area (Å²) in [7, 11) is 0. The number of hydrogen-bond acceptors (Lipinski definition) is 2. The van der Waals surface area contributed by atoms with Crippen molar-refractivity contribution in [3.63, 3.8) is 0 Å². The zero-order valence-corrected chi connectivity index (χ0v) is 9.50. The van der Waals surface area contributed by atoms with Crippen LogP contribution in [-0.4, -0.2) is 18.8 Å². The summed E-state index contributed by atoms with van der Waals surface area (Å²) in [5, 5.41) is 0. The van der Waals surface area contributed by atoms with Crippen LogP contribution in [0.3, 0.4) is 0 Å². The quantitative estimate of drug-likeness (QED) is 0.616. The zero-order valence-electron chi connectivity index (χ0n) is 7.34. The lowest BCUT2D eigenvalue weighted by Crippen LogP contribution is -2.20. The van der Waals surface area contributed by atoms with E-state index in [0.29, 0.717) is 0 Å². The van der Waals surface area contributed by atoms with E-state index in [9.17, 15) is 18.0 Å². The predicted molar refractivity (Wildman–Crippen MR) is 55.5 cm³/mol. The minimum Gasteiger partial charge on any atom is -0.452 e. The van der Waals surface area contributed by atoms with Crippen LogP contribution in [0.2, 0.25) is 0 Å². The van der Waals surface area contributed by atoms with Gasteiger partial charge in [-0.1, -0.05) is 0 Å². The fourth-order valence-corrected chi connectivity index (χ4v) is 1.18. The van der Waals surface area contributed by atoms with Gasteiger partial charge >= 0.3 is 12.1 Å². The molecule has 1 rings (SSSR count). The van der Waals surface area contributed by atoms with Gasteiger partial charge in [-0.15, -0.1) is 0 Å². The van der Waals surface area contributed by atoms with Crippen LogP contribution in [0.4, 0.5) is 13.2 Å². The van der Waals surface area contributed by atoms with Crippen LogP contribution in [0.5, 0.6) is 0 Å². The van der Waals surface area contributed by atoms with E-state index in [0.717, 1.165) is 3.57 Å². The molecule has 15 heavy (non-hydrogen) atoms. The Morgan fingerprint density at radius 1 is 1.27 bits per heavy atom. The number of benzene rings is 1. The summed E-state index contributed by atoms with van der Waals surface area (Å²) >= 11 is 2.02. The van der Waals surface area contributed by atoms with Crippen LogP contribution < -0.4 is 0 Å². The van der Waals surface area contributed by atoms with Gasteiger partial charge in [-0.2, -0.15) is 13.2 Å². The highest BCUT2D eigenvalue weighted by Crippen LogP contribution is 2.16. The molecule has 0 saturated heterocycles. The molecular weight excluding hydrogens is 324 g/mol. The monoisotopic (exact) mass is 330 g/mol. The molecule has 1 aromatic carbocycles. The molecular formula is C9H6F3IO2. The van der Waals surface area contributed by atoms with E-state index in [4.69, 9.17) is 0 Å². The average molecular weight is 330 g/mol. The molecule has 0 aliphatic carbocycles.